The molecule has 2 N–H and O–H groups in total. The Balaban J connectivity index is 2.58. The highest BCUT2D eigenvalue weighted by molar-refractivity contribution is 6.14. The number of methoxy groups -OCH3 is 1. The molecule has 0 saturated carbocycles. The number of hydrogen-bond acceptors (Lipinski definition) is 4. The standard InChI is InChI=1S/C9H11N3O/c1-13-9-4-2-8(3-5-9)12-11-7-6-10/h2-7,10,12H,1H3/b10-6?,11-7-. The summed E-state index contributed by atoms with van der Waals surface area (Å²) >= 11 is 0. The van der Waals surface area contributed by atoms with Gasteiger partial charge in [0.05, 0.1) is 19.0 Å². The lowest BCUT2D eigenvalue weighted by Crippen LogP contribution is -1.89. The zero-order valence-corrected chi connectivity index (χ0v) is 7.32. The van der Waals surface area contributed by atoms with Crippen molar-refractivity contribution in [3.8, 4) is 5.75 Å². The van der Waals surface area contributed by atoms with Crippen molar-refractivity contribution in [1.82, 2.24) is 0 Å². The van der Waals surface area contributed by atoms with Crippen LogP contribution in [0.4, 0.5) is 5.69 Å². The van der Waals surface area contributed by atoms with E-state index in [1.54, 1.807) is 7.11 Å². The first-order chi connectivity index (χ1) is 6.36. The first-order valence-electron chi connectivity index (χ1n) is 3.79. The molecule has 0 unspecified atom stereocenters. The van der Waals surface area contributed by atoms with Crippen molar-refractivity contribution in [2.75, 3.05) is 12.5 Å². The van der Waals surface area contributed by atoms with E-state index < -0.39 is 0 Å². The molecule has 0 bridgehead atoms. The third-order valence-corrected chi connectivity index (χ3v) is 1.43. The average Bonchev–Trinajstić information content (AvgIpc) is 2.19. The van der Waals surface area contributed by atoms with Gasteiger partial charge < -0.3 is 10.1 Å². The Morgan fingerprint density at radius 3 is 2.62 bits per heavy atom. The fraction of sp³-hybridized carbons (Fsp3) is 0.111. The molecule has 0 spiro atoms. The van der Waals surface area contributed by atoms with Crippen LogP contribution in [0, 0.1) is 5.41 Å². The molecule has 0 fully saturated rings. The van der Waals surface area contributed by atoms with Crippen LogP contribution in [-0.2, 0) is 0 Å². The SMILES string of the molecule is COc1ccc(N/N=C\C=N)cc1. The largest absolute Gasteiger partial charge is 0.497 e. The molecule has 1 aromatic rings. The fourth-order valence-electron chi connectivity index (χ4n) is 0.815. The summed E-state index contributed by atoms with van der Waals surface area (Å²) in [6.07, 6.45) is 2.47. The van der Waals surface area contributed by atoms with E-state index >= 15 is 0 Å². The van der Waals surface area contributed by atoms with Crippen molar-refractivity contribution in [1.29, 1.82) is 5.41 Å². The molecule has 68 valence electrons. The van der Waals surface area contributed by atoms with Crippen LogP contribution in [0.2, 0.25) is 0 Å². The Morgan fingerprint density at radius 1 is 1.38 bits per heavy atom. The van der Waals surface area contributed by atoms with Crippen molar-refractivity contribution < 1.29 is 4.74 Å². The smallest absolute Gasteiger partial charge is 0.119 e. The predicted molar refractivity (Wildman–Crippen MR) is 53.9 cm³/mol. The van der Waals surface area contributed by atoms with Gasteiger partial charge in [-0.2, -0.15) is 5.10 Å². The predicted octanol–water partition coefficient (Wildman–Crippen LogP) is 1.74. The molecule has 4 heteroatoms. The van der Waals surface area contributed by atoms with E-state index in [2.05, 4.69) is 10.5 Å². The summed E-state index contributed by atoms with van der Waals surface area (Å²) in [6, 6.07) is 7.37. The number of nitrogens with zero attached hydrogens (tertiary/aromatic N) is 1. The van der Waals surface area contributed by atoms with Crippen LogP contribution >= 0.6 is 0 Å². The van der Waals surface area contributed by atoms with E-state index in [1.807, 2.05) is 24.3 Å². The van der Waals surface area contributed by atoms with Crippen LogP contribution in [0.3, 0.4) is 0 Å². The number of hydrazone groups is 1. The molecule has 0 aliphatic rings. The molecule has 13 heavy (non-hydrogen) atoms. The Hall–Kier alpha value is -1.84. The summed E-state index contributed by atoms with van der Waals surface area (Å²) in [7, 11) is 1.62. The summed E-state index contributed by atoms with van der Waals surface area (Å²) in [4.78, 5) is 0. The van der Waals surface area contributed by atoms with E-state index in [4.69, 9.17) is 10.1 Å². The van der Waals surface area contributed by atoms with Crippen LogP contribution in [-0.4, -0.2) is 19.5 Å². The van der Waals surface area contributed by atoms with E-state index in [1.165, 1.54) is 6.21 Å². The molecule has 0 aliphatic heterocycles. The van der Waals surface area contributed by atoms with Crippen LogP contribution in [0.15, 0.2) is 29.4 Å². The molecule has 0 amide bonds. The van der Waals surface area contributed by atoms with Crippen LogP contribution in [0.1, 0.15) is 0 Å². The monoisotopic (exact) mass is 177 g/mol. The molecule has 0 atom stereocenters. The maximum Gasteiger partial charge on any atom is 0.119 e. The second-order valence-electron chi connectivity index (χ2n) is 2.29. The number of ether oxygens (including phenoxy) is 1. The third-order valence-electron chi connectivity index (χ3n) is 1.43. The Morgan fingerprint density at radius 2 is 2.08 bits per heavy atom. The maximum absolute atomic E-state index is 6.70. The van der Waals surface area contributed by atoms with Crippen molar-refractivity contribution in [3.05, 3.63) is 24.3 Å². The quantitative estimate of drug-likeness (QED) is 0.543. The van der Waals surface area contributed by atoms with Gasteiger partial charge in [0, 0.05) is 6.21 Å². The highest BCUT2D eigenvalue weighted by Crippen LogP contribution is 2.14. The number of anilines is 1. The molecule has 1 aromatic carbocycles. The number of hydrogen-bond donors (Lipinski definition) is 2. The summed E-state index contributed by atoms with van der Waals surface area (Å²) in [5.74, 6) is 0.807. The molecule has 0 aromatic heterocycles. The Bertz CT molecular complexity index is 292. The van der Waals surface area contributed by atoms with Crippen LogP contribution in [0.5, 0.6) is 5.75 Å². The second kappa shape index (κ2) is 4.92. The third kappa shape index (κ3) is 2.94. The van der Waals surface area contributed by atoms with Gasteiger partial charge in [-0.15, -0.1) is 0 Å². The number of nitrogens with one attached hydrogen (secondary N) is 2. The topological polar surface area (TPSA) is 57.5 Å². The minimum atomic E-state index is 0.807. The summed E-state index contributed by atoms with van der Waals surface area (Å²) < 4.78 is 4.99. The number of benzene rings is 1. The van der Waals surface area contributed by atoms with Gasteiger partial charge in [-0.05, 0) is 24.3 Å². The minimum Gasteiger partial charge on any atom is -0.497 e. The first kappa shape index (κ1) is 9.25. The van der Waals surface area contributed by atoms with Gasteiger partial charge in [0.15, 0.2) is 0 Å². The van der Waals surface area contributed by atoms with Crippen molar-refractivity contribution in [2.24, 2.45) is 5.10 Å². The first-order valence-corrected chi connectivity index (χ1v) is 3.79. The molecule has 4 nitrogen and oxygen atoms in total. The van der Waals surface area contributed by atoms with E-state index in [9.17, 15) is 0 Å². The Kier molecular flexibility index (Phi) is 3.50. The average molecular weight is 177 g/mol. The minimum absolute atomic E-state index is 0.807. The highest BCUT2D eigenvalue weighted by atomic mass is 16.5. The van der Waals surface area contributed by atoms with E-state index in [-0.39, 0.29) is 0 Å². The lowest BCUT2D eigenvalue weighted by atomic mass is 10.3. The molecule has 0 aliphatic carbocycles. The number of rotatable bonds is 4. The maximum atomic E-state index is 6.70. The summed E-state index contributed by atoms with van der Waals surface area (Å²) in [5, 5.41) is 10.5. The Labute approximate surface area is 76.7 Å². The van der Waals surface area contributed by atoms with Crippen LogP contribution in [0.25, 0.3) is 0 Å². The van der Waals surface area contributed by atoms with Gasteiger partial charge in [0.2, 0.25) is 0 Å². The van der Waals surface area contributed by atoms with Crippen molar-refractivity contribution in [3.63, 3.8) is 0 Å². The zero-order chi connectivity index (χ0) is 9.52. The van der Waals surface area contributed by atoms with Gasteiger partial charge in [0.25, 0.3) is 0 Å². The van der Waals surface area contributed by atoms with E-state index in [0.29, 0.717) is 0 Å². The van der Waals surface area contributed by atoms with Gasteiger partial charge in [-0.3, -0.25) is 5.43 Å². The van der Waals surface area contributed by atoms with Crippen molar-refractivity contribution >= 4 is 18.1 Å². The van der Waals surface area contributed by atoms with Gasteiger partial charge >= 0.3 is 0 Å². The fourth-order valence-corrected chi connectivity index (χ4v) is 0.815. The van der Waals surface area contributed by atoms with Crippen molar-refractivity contribution in [2.45, 2.75) is 0 Å². The molecular weight excluding hydrogens is 166 g/mol. The lowest BCUT2D eigenvalue weighted by Gasteiger charge is -2.01. The second-order valence-corrected chi connectivity index (χ2v) is 2.29. The normalized spacial score (nSPS) is 9.92. The van der Waals surface area contributed by atoms with Crippen LogP contribution < -0.4 is 10.2 Å². The summed E-state index contributed by atoms with van der Waals surface area (Å²) in [6.45, 7) is 0. The van der Waals surface area contributed by atoms with Gasteiger partial charge in [-0.1, -0.05) is 0 Å². The van der Waals surface area contributed by atoms with Gasteiger partial charge in [0.1, 0.15) is 5.75 Å². The zero-order valence-electron chi connectivity index (χ0n) is 7.32. The van der Waals surface area contributed by atoms with Gasteiger partial charge in [-0.25, -0.2) is 0 Å². The molecule has 0 heterocycles. The highest BCUT2D eigenvalue weighted by Gasteiger charge is 1.90. The molecule has 0 radical (unpaired) electrons. The molecule has 0 saturated heterocycles. The molecular formula is C9H11N3O. The van der Waals surface area contributed by atoms with E-state index in [0.717, 1.165) is 17.7 Å². The lowest BCUT2D eigenvalue weighted by molar-refractivity contribution is 0.415. The molecule has 1 rings (SSSR count). The summed E-state index contributed by atoms with van der Waals surface area (Å²) in [5.41, 5.74) is 3.62.